The molecule has 0 spiro atoms. The first-order valence-electron chi connectivity index (χ1n) is 5.74. The van der Waals surface area contributed by atoms with Crippen LogP contribution in [0.1, 0.15) is 12.5 Å². The summed E-state index contributed by atoms with van der Waals surface area (Å²) < 4.78 is 10.4. The fraction of sp³-hybridized carbons (Fsp3) is 0.462. The average molecular weight is 288 g/mol. The molecule has 1 N–H and O–H groups in total. The van der Waals surface area contributed by atoms with Crippen LogP contribution < -0.4 is 9.47 Å². The minimum absolute atomic E-state index is 0.409. The lowest BCUT2D eigenvalue weighted by molar-refractivity contribution is -0.142. The van der Waals surface area contributed by atoms with E-state index in [4.69, 9.17) is 26.2 Å². The van der Waals surface area contributed by atoms with E-state index in [0.717, 1.165) is 5.56 Å². The van der Waals surface area contributed by atoms with Gasteiger partial charge in [0.1, 0.15) is 6.04 Å². The number of rotatable bonds is 6. The number of carbonyl (C=O) groups is 1. The number of aliphatic carboxylic acids is 1. The summed E-state index contributed by atoms with van der Waals surface area (Å²) in [6, 6.07) is 2.96. The van der Waals surface area contributed by atoms with Crippen molar-refractivity contribution < 1.29 is 19.4 Å². The normalized spacial score (nSPS) is 12.3. The number of likely N-dealkylation sites (N-methyl/N-ethyl adjacent to an activating group) is 1. The van der Waals surface area contributed by atoms with E-state index in [1.165, 1.54) is 14.2 Å². The largest absolute Gasteiger partial charge is 0.493 e. The number of halogens is 1. The minimum Gasteiger partial charge on any atom is -0.493 e. The molecular weight excluding hydrogens is 270 g/mol. The minimum atomic E-state index is -0.876. The van der Waals surface area contributed by atoms with Crippen molar-refractivity contribution in [2.24, 2.45) is 0 Å². The maximum atomic E-state index is 10.9. The van der Waals surface area contributed by atoms with Gasteiger partial charge in [-0.25, -0.2) is 0 Å². The first-order valence-corrected chi connectivity index (χ1v) is 6.12. The van der Waals surface area contributed by atoms with Crippen LogP contribution in [0.5, 0.6) is 11.5 Å². The molecule has 1 atom stereocenters. The molecule has 1 rings (SSSR count). The lowest BCUT2D eigenvalue weighted by Gasteiger charge is -2.22. The van der Waals surface area contributed by atoms with Crippen LogP contribution in [0, 0.1) is 0 Å². The van der Waals surface area contributed by atoms with Gasteiger partial charge < -0.3 is 14.6 Å². The zero-order valence-electron chi connectivity index (χ0n) is 11.4. The average Bonchev–Trinajstić information content (AvgIpc) is 2.39. The number of carboxylic acids is 1. The Hall–Kier alpha value is -1.46. The van der Waals surface area contributed by atoms with Crippen molar-refractivity contribution >= 4 is 17.6 Å². The Morgan fingerprint density at radius 1 is 1.42 bits per heavy atom. The molecule has 1 unspecified atom stereocenters. The maximum absolute atomic E-state index is 10.9. The van der Waals surface area contributed by atoms with Crippen LogP contribution >= 0.6 is 11.6 Å². The molecule has 5 nitrogen and oxygen atoms in total. The zero-order chi connectivity index (χ0) is 14.6. The van der Waals surface area contributed by atoms with Crippen LogP contribution in [0.2, 0.25) is 5.02 Å². The highest BCUT2D eigenvalue weighted by Crippen LogP contribution is 2.37. The van der Waals surface area contributed by atoms with Gasteiger partial charge in [0.05, 0.1) is 19.2 Å². The van der Waals surface area contributed by atoms with Gasteiger partial charge in [0.15, 0.2) is 11.5 Å². The van der Waals surface area contributed by atoms with Crippen molar-refractivity contribution in [2.75, 3.05) is 21.3 Å². The Morgan fingerprint density at radius 3 is 2.53 bits per heavy atom. The van der Waals surface area contributed by atoms with Crippen LogP contribution in [0.25, 0.3) is 0 Å². The SMILES string of the molecule is COc1ccc(CN(C)C(C)C(=O)O)c(Cl)c1OC. The van der Waals surface area contributed by atoms with Crippen LogP contribution in [0.4, 0.5) is 0 Å². The van der Waals surface area contributed by atoms with Crippen LogP contribution in [0.15, 0.2) is 12.1 Å². The van der Waals surface area contributed by atoms with Gasteiger partial charge in [0.2, 0.25) is 0 Å². The van der Waals surface area contributed by atoms with Crippen molar-refractivity contribution in [3.63, 3.8) is 0 Å². The van der Waals surface area contributed by atoms with E-state index < -0.39 is 12.0 Å². The first-order chi connectivity index (χ1) is 8.92. The summed E-state index contributed by atoms with van der Waals surface area (Å²) in [5.41, 5.74) is 0.787. The molecule has 0 saturated carbocycles. The molecule has 0 aliphatic rings. The van der Waals surface area contributed by atoms with E-state index in [1.807, 2.05) is 0 Å². The highest BCUT2D eigenvalue weighted by Gasteiger charge is 2.20. The maximum Gasteiger partial charge on any atom is 0.320 e. The number of nitrogens with zero attached hydrogens (tertiary/aromatic N) is 1. The lowest BCUT2D eigenvalue weighted by Crippen LogP contribution is -2.35. The monoisotopic (exact) mass is 287 g/mol. The van der Waals surface area contributed by atoms with Gasteiger partial charge >= 0.3 is 5.97 Å². The van der Waals surface area contributed by atoms with Gasteiger partial charge in [0.25, 0.3) is 0 Å². The van der Waals surface area contributed by atoms with Gasteiger partial charge in [0, 0.05) is 6.54 Å². The molecule has 0 fully saturated rings. The topological polar surface area (TPSA) is 59.0 Å². The van der Waals surface area contributed by atoms with E-state index in [1.54, 1.807) is 31.0 Å². The molecule has 0 radical (unpaired) electrons. The fourth-order valence-electron chi connectivity index (χ4n) is 1.65. The summed E-state index contributed by atoms with van der Waals surface area (Å²) in [7, 11) is 4.77. The standard InChI is InChI=1S/C13H18ClNO4/c1-8(13(16)17)15(2)7-9-5-6-10(18-3)12(19-4)11(9)14/h5-6,8H,7H2,1-4H3,(H,16,17). The van der Waals surface area contributed by atoms with Gasteiger partial charge in [-0.1, -0.05) is 17.7 Å². The molecule has 0 saturated heterocycles. The summed E-state index contributed by atoms with van der Waals surface area (Å²) >= 11 is 6.24. The quantitative estimate of drug-likeness (QED) is 0.870. The van der Waals surface area contributed by atoms with Crippen LogP contribution in [0.3, 0.4) is 0 Å². The van der Waals surface area contributed by atoms with E-state index >= 15 is 0 Å². The molecule has 0 aliphatic heterocycles. The Balaban J connectivity index is 3.00. The van der Waals surface area contributed by atoms with Crippen molar-refractivity contribution in [3.8, 4) is 11.5 Å². The van der Waals surface area contributed by atoms with E-state index in [0.29, 0.717) is 23.1 Å². The molecule has 0 aromatic heterocycles. The molecule has 6 heteroatoms. The highest BCUT2D eigenvalue weighted by molar-refractivity contribution is 6.33. The van der Waals surface area contributed by atoms with E-state index in [-0.39, 0.29) is 0 Å². The molecule has 0 heterocycles. The second-order valence-corrected chi connectivity index (χ2v) is 4.58. The molecule has 0 aliphatic carbocycles. The van der Waals surface area contributed by atoms with Crippen molar-refractivity contribution in [3.05, 3.63) is 22.7 Å². The molecule has 1 aromatic carbocycles. The summed E-state index contributed by atoms with van der Waals surface area (Å²) in [4.78, 5) is 12.6. The van der Waals surface area contributed by atoms with Crippen molar-refractivity contribution in [1.29, 1.82) is 0 Å². The summed E-state index contributed by atoms with van der Waals surface area (Å²) in [6.45, 7) is 2.03. The third-order valence-corrected chi connectivity index (χ3v) is 3.42. The molecule has 19 heavy (non-hydrogen) atoms. The molecular formula is C13H18ClNO4. The number of benzene rings is 1. The van der Waals surface area contributed by atoms with E-state index in [9.17, 15) is 4.79 Å². The second kappa shape index (κ2) is 6.63. The molecule has 1 aromatic rings. The number of methoxy groups -OCH3 is 2. The Kier molecular flexibility index (Phi) is 5.44. The lowest BCUT2D eigenvalue weighted by atomic mass is 10.1. The summed E-state index contributed by atoms with van der Waals surface area (Å²) in [5.74, 6) is 0.127. The predicted molar refractivity (Wildman–Crippen MR) is 73.1 cm³/mol. The van der Waals surface area contributed by atoms with Gasteiger partial charge in [-0.3, -0.25) is 9.69 Å². The predicted octanol–water partition coefficient (Wildman–Crippen LogP) is 2.26. The zero-order valence-corrected chi connectivity index (χ0v) is 12.2. The smallest absolute Gasteiger partial charge is 0.320 e. The Morgan fingerprint density at radius 2 is 2.05 bits per heavy atom. The van der Waals surface area contributed by atoms with E-state index in [2.05, 4.69) is 0 Å². The number of hydrogen-bond acceptors (Lipinski definition) is 4. The Bertz CT molecular complexity index is 464. The third-order valence-electron chi connectivity index (χ3n) is 3.00. The number of ether oxygens (including phenoxy) is 2. The Labute approximate surface area is 117 Å². The van der Waals surface area contributed by atoms with Gasteiger partial charge in [-0.2, -0.15) is 0 Å². The van der Waals surface area contributed by atoms with Crippen molar-refractivity contribution in [2.45, 2.75) is 19.5 Å². The van der Waals surface area contributed by atoms with Crippen LogP contribution in [-0.2, 0) is 11.3 Å². The number of carboxylic acid groups (broad SMARTS) is 1. The van der Waals surface area contributed by atoms with Crippen LogP contribution in [-0.4, -0.2) is 43.3 Å². The molecule has 106 valence electrons. The third kappa shape index (κ3) is 3.52. The molecule has 0 amide bonds. The first kappa shape index (κ1) is 15.6. The fourth-order valence-corrected chi connectivity index (χ4v) is 1.94. The summed E-state index contributed by atoms with van der Waals surface area (Å²) in [5, 5.41) is 9.40. The summed E-state index contributed by atoms with van der Waals surface area (Å²) in [6.07, 6.45) is 0. The number of hydrogen-bond donors (Lipinski definition) is 1. The van der Waals surface area contributed by atoms with Crippen molar-refractivity contribution in [1.82, 2.24) is 4.90 Å². The van der Waals surface area contributed by atoms with Gasteiger partial charge in [-0.05, 0) is 25.6 Å². The molecule has 0 bridgehead atoms. The highest BCUT2D eigenvalue weighted by atomic mass is 35.5. The van der Waals surface area contributed by atoms with Gasteiger partial charge in [-0.15, -0.1) is 0 Å². The second-order valence-electron chi connectivity index (χ2n) is 4.20.